The summed E-state index contributed by atoms with van der Waals surface area (Å²) in [6.07, 6.45) is 4.13. The number of thiazole rings is 1. The van der Waals surface area contributed by atoms with Gasteiger partial charge in [-0.2, -0.15) is 0 Å². The van der Waals surface area contributed by atoms with Crippen LogP contribution in [0.15, 0.2) is 72.4 Å². The number of carbonyl (C=O) groups excluding carboxylic acids is 1. The second-order valence-corrected chi connectivity index (χ2v) is 7.45. The molecule has 0 aliphatic carbocycles. The van der Waals surface area contributed by atoms with Gasteiger partial charge in [-0.1, -0.05) is 54.6 Å². The summed E-state index contributed by atoms with van der Waals surface area (Å²) in [6.45, 7) is 1.62. The minimum Gasteiger partial charge on any atom is -0.372 e. The molecule has 6 heteroatoms. The van der Waals surface area contributed by atoms with Gasteiger partial charge in [0.25, 0.3) is 0 Å². The molecule has 4 aromatic rings. The van der Waals surface area contributed by atoms with Crippen LogP contribution in [0.3, 0.4) is 0 Å². The average molecular weight is 391 g/mol. The molecule has 0 spiro atoms. The third-order valence-electron chi connectivity index (χ3n) is 4.35. The zero-order valence-electron chi connectivity index (χ0n) is 15.4. The van der Waals surface area contributed by atoms with Crippen LogP contribution in [0, 0.1) is 0 Å². The van der Waals surface area contributed by atoms with Gasteiger partial charge >= 0.3 is 0 Å². The molecule has 142 valence electrons. The first-order valence-corrected chi connectivity index (χ1v) is 10.0. The van der Waals surface area contributed by atoms with Crippen molar-refractivity contribution in [3.8, 4) is 0 Å². The first kappa shape index (κ1) is 18.4. The molecule has 0 radical (unpaired) electrons. The van der Waals surface area contributed by atoms with Crippen molar-refractivity contribution < 1.29 is 9.53 Å². The van der Waals surface area contributed by atoms with Crippen molar-refractivity contribution in [2.75, 3.05) is 0 Å². The third kappa shape index (κ3) is 4.85. The van der Waals surface area contributed by atoms with E-state index >= 15 is 0 Å². The normalized spacial score (nSPS) is 11.0. The summed E-state index contributed by atoms with van der Waals surface area (Å²) < 4.78 is 7.73. The average Bonchev–Trinajstić information content (AvgIpc) is 3.29. The number of hydrogen-bond donors (Lipinski definition) is 1. The van der Waals surface area contributed by atoms with E-state index in [0.717, 1.165) is 27.3 Å². The van der Waals surface area contributed by atoms with Crippen LogP contribution < -0.4 is 5.32 Å². The van der Waals surface area contributed by atoms with Crippen LogP contribution in [0.2, 0.25) is 0 Å². The molecule has 5 nitrogen and oxygen atoms in total. The Balaban J connectivity index is 1.25. The Morgan fingerprint density at radius 1 is 1.04 bits per heavy atom. The van der Waals surface area contributed by atoms with Crippen LogP contribution in [0.25, 0.3) is 4.96 Å². The summed E-state index contributed by atoms with van der Waals surface area (Å²) in [5.74, 6) is -0.0310. The van der Waals surface area contributed by atoms with E-state index < -0.39 is 0 Å². The third-order valence-corrected chi connectivity index (χ3v) is 5.12. The largest absolute Gasteiger partial charge is 0.372 e. The molecule has 1 amide bonds. The zero-order valence-corrected chi connectivity index (χ0v) is 16.2. The van der Waals surface area contributed by atoms with Gasteiger partial charge in [-0.05, 0) is 16.7 Å². The molecule has 0 saturated carbocycles. The molecule has 0 atom stereocenters. The first-order valence-electron chi connectivity index (χ1n) is 9.13. The highest BCUT2D eigenvalue weighted by Gasteiger charge is 2.08. The number of benzene rings is 2. The summed E-state index contributed by atoms with van der Waals surface area (Å²) in [4.78, 5) is 17.6. The summed E-state index contributed by atoms with van der Waals surface area (Å²) in [5.41, 5.74) is 4.09. The molecule has 2 aromatic carbocycles. The quantitative estimate of drug-likeness (QED) is 0.494. The summed E-state index contributed by atoms with van der Waals surface area (Å²) >= 11 is 1.56. The van der Waals surface area contributed by atoms with E-state index in [1.54, 1.807) is 11.3 Å². The lowest BCUT2D eigenvalue weighted by atomic mass is 10.1. The monoisotopic (exact) mass is 391 g/mol. The molecule has 0 aliphatic heterocycles. The Hall–Kier alpha value is -2.96. The number of nitrogens with one attached hydrogen (secondary N) is 1. The molecule has 0 saturated heterocycles. The summed E-state index contributed by atoms with van der Waals surface area (Å²) in [6, 6.07) is 18.2. The van der Waals surface area contributed by atoms with Crippen molar-refractivity contribution >= 4 is 22.2 Å². The minimum absolute atomic E-state index is 0.0310. The van der Waals surface area contributed by atoms with Crippen LogP contribution in [0.1, 0.15) is 22.4 Å². The van der Waals surface area contributed by atoms with Gasteiger partial charge in [-0.25, -0.2) is 4.98 Å². The van der Waals surface area contributed by atoms with E-state index in [1.165, 1.54) is 0 Å². The maximum absolute atomic E-state index is 12.2. The van der Waals surface area contributed by atoms with Crippen molar-refractivity contribution in [2.24, 2.45) is 0 Å². The lowest BCUT2D eigenvalue weighted by Gasteiger charge is -2.08. The number of carbonyl (C=O) groups is 1. The smallest absolute Gasteiger partial charge is 0.226 e. The fourth-order valence-electron chi connectivity index (χ4n) is 2.98. The van der Waals surface area contributed by atoms with E-state index in [4.69, 9.17) is 4.74 Å². The number of aromatic nitrogens is 2. The number of amides is 1. The number of imidazole rings is 1. The Kier molecular flexibility index (Phi) is 5.80. The molecule has 4 rings (SSSR count). The van der Waals surface area contributed by atoms with Gasteiger partial charge < -0.3 is 10.1 Å². The van der Waals surface area contributed by atoms with Crippen molar-refractivity contribution in [1.82, 2.24) is 14.7 Å². The van der Waals surface area contributed by atoms with Gasteiger partial charge in [0, 0.05) is 24.3 Å². The number of nitrogens with zero attached hydrogens (tertiary/aromatic N) is 2. The highest BCUT2D eigenvalue weighted by Crippen LogP contribution is 2.12. The Bertz CT molecular complexity index is 1030. The van der Waals surface area contributed by atoms with Crippen LogP contribution in [-0.4, -0.2) is 15.3 Å². The summed E-state index contributed by atoms with van der Waals surface area (Å²) in [7, 11) is 0. The molecule has 1 N–H and O–H groups in total. The van der Waals surface area contributed by atoms with Crippen LogP contribution in [-0.2, 0) is 35.7 Å². The van der Waals surface area contributed by atoms with Crippen molar-refractivity contribution in [1.29, 1.82) is 0 Å². The van der Waals surface area contributed by atoms with Crippen molar-refractivity contribution in [2.45, 2.75) is 26.2 Å². The Morgan fingerprint density at radius 2 is 1.82 bits per heavy atom. The SMILES string of the molecule is O=C(Cc1cn2ccsc2n1)NCc1cccc(COCc2ccccc2)c1. The van der Waals surface area contributed by atoms with Gasteiger partial charge in [0.2, 0.25) is 5.91 Å². The molecular formula is C22H21N3O2S. The maximum atomic E-state index is 12.2. The fraction of sp³-hybridized carbons (Fsp3) is 0.182. The maximum Gasteiger partial charge on any atom is 0.226 e. The standard InChI is InChI=1S/C22H21N3O2S/c26-21(12-20-14-25-9-10-28-22(25)24-20)23-13-18-7-4-8-19(11-18)16-27-15-17-5-2-1-3-6-17/h1-11,14H,12-13,15-16H2,(H,23,26). The fourth-order valence-corrected chi connectivity index (χ4v) is 3.70. The van der Waals surface area contributed by atoms with E-state index in [-0.39, 0.29) is 12.3 Å². The van der Waals surface area contributed by atoms with E-state index in [2.05, 4.69) is 28.5 Å². The van der Waals surface area contributed by atoms with Crippen LogP contribution in [0.5, 0.6) is 0 Å². The number of fused-ring (bicyclic) bond motifs is 1. The minimum atomic E-state index is -0.0310. The number of hydrogen-bond acceptors (Lipinski definition) is 4. The predicted molar refractivity (Wildman–Crippen MR) is 110 cm³/mol. The van der Waals surface area contributed by atoms with Gasteiger partial charge in [0.15, 0.2) is 4.96 Å². The second-order valence-electron chi connectivity index (χ2n) is 6.58. The second kappa shape index (κ2) is 8.82. The number of ether oxygens (including phenoxy) is 1. The van der Waals surface area contributed by atoms with Gasteiger partial charge in [0.1, 0.15) is 0 Å². The van der Waals surface area contributed by atoms with Crippen LogP contribution in [0.4, 0.5) is 0 Å². The molecule has 2 heterocycles. The molecule has 0 aliphatic rings. The van der Waals surface area contributed by atoms with E-state index in [0.29, 0.717) is 19.8 Å². The number of rotatable bonds is 8. The highest BCUT2D eigenvalue weighted by atomic mass is 32.1. The molecular weight excluding hydrogens is 370 g/mol. The van der Waals surface area contributed by atoms with Gasteiger partial charge in [-0.3, -0.25) is 9.20 Å². The van der Waals surface area contributed by atoms with E-state index in [9.17, 15) is 4.79 Å². The zero-order chi connectivity index (χ0) is 19.2. The lowest BCUT2D eigenvalue weighted by Crippen LogP contribution is -2.24. The Labute approximate surface area is 167 Å². The Morgan fingerprint density at radius 3 is 2.68 bits per heavy atom. The molecule has 0 unspecified atom stereocenters. The van der Waals surface area contributed by atoms with Crippen LogP contribution >= 0.6 is 11.3 Å². The van der Waals surface area contributed by atoms with Crippen molar-refractivity contribution in [3.05, 3.63) is 94.8 Å². The molecule has 2 aromatic heterocycles. The summed E-state index contributed by atoms with van der Waals surface area (Å²) in [5, 5.41) is 4.94. The molecule has 0 bridgehead atoms. The molecule has 28 heavy (non-hydrogen) atoms. The van der Waals surface area contributed by atoms with Gasteiger partial charge in [-0.15, -0.1) is 11.3 Å². The van der Waals surface area contributed by atoms with Gasteiger partial charge in [0.05, 0.1) is 25.3 Å². The molecule has 0 fully saturated rings. The van der Waals surface area contributed by atoms with E-state index in [1.807, 2.05) is 58.6 Å². The predicted octanol–water partition coefficient (Wildman–Crippen LogP) is 3.97. The lowest BCUT2D eigenvalue weighted by molar-refractivity contribution is -0.120. The van der Waals surface area contributed by atoms with Crippen molar-refractivity contribution in [3.63, 3.8) is 0 Å². The first-order chi connectivity index (χ1) is 13.8. The highest BCUT2D eigenvalue weighted by molar-refractivity contribution is 7.15. The topological polar surface area (TPSA) is 55.6 Å².